The van der Waals surface area contributed by atoms with Crippen LogP contribution >= 0.6 is 37.2 Å². The molecule has 3 aromatic carbocycles. The Morgan fingerprint density at radius 1 is 0.731 bits per heavy atom. The molecule has 2 saturated heterocycles. The van der Waals surface area contributed by atoms with E-state index >= 15 is 0 Å². The number of carbonyl (C=O) groups is 4. The standard InChI is InChI=1S/C49H53N9O6.3ClH/c1-31(2)42(54-48(61)63-5)46(59)57-26-13-19-41(57)45-51-30-39(53-45)35-21-20-32(38(28-35)33-22-24-37(25-23-33)56(3)4)14-10-11-17-36-29-50-44(52-36)40-18-12-27-58(40)47(60)43(55-49(62)64-6)34-15-8-7-9-16-34;;;/h7-9,15-16,20-25,28-31,40-43H,12-13,18-19,26-27H2,1-6H3,(H,50,52)(H,51,53)(H,54,61)(H,55,62);3*1H/t40-,41-,42-,43+;;;/m0.../s1. The van der Waals surface area contributed by atoms with Crippen LogP contribution in [-0.2, 0) is 19.1 Å². The Balaban J connectivity index is 0.00000327. The van der Waals surface area contributed by atoms with Gasteiger partial charge in [-0.3, -0.25) is 9.59 Å². The molecule has 0 radical (unpaired) electrons. The van der Waals surface area contributed by atoms with Crippen LogP contribution in [0.2, 0.25) is 0 Å². The molecule has 18 heteroatoms. The first-order valence-corrected chi connectivity index (χ1v) is 21.3. The van der Waals surface area contributed by atoms with Crippen molar-refractivity contribution in [3.05, 3.63) is 114 Å². The number of alkyl carbamates (subject to hydrolysis) is 2. The number of carbonyl (C=O) groups excluding carboxylic acids is 4. The number of hydrogen-bond acceptors (Lipinski definition) is 9. The molecule has 2 aromatic heterocycles. The van der Waals surface area contributed by atoms with Gasteiger partial charge in [0, 0.05) is 44.0 Å². The van der Waals surface area contributed by atoms with Gasteiger partial charge in [0.05, 0.1) is 44.4 Å². The van der Waals surface area contributed by atoms with E-state index in [-0.39, 0.29) is 67.0 Å². The lowest BCUT2D eigenvalue weighted by Crippen LogP contribution is -2.51. The van der Waals surface area contributed by atoms with Crippen molar-refractivity contribution in [2.45, 2.75) is 63.7 Å². The molecule has 15 nitrogen and oxygen atoms in total. The highest BCUT2D eigenvalue weighted by molar-refractivity contribution is 5.88. The van der Waals surface area contributed by atoms with E-state index in [1.807, 2.05) is 63.2 Å². The number of rotatable bonds is 11. The smallest absolute Gasteiger partial charge is 0.407 e. The summed E-state index contributed by atoms with van der Waals surface area (Å²) in [6.07, 6.45) is 5.12. The Kier molecular flexibility index (Phi) is 19.1. The van der Waals surface area contributed by atoms with Crippen LogP contribution in [0, 0.1) is 29.6 Å². The fourth-order valence-corrected chi connectivity index (χ4v) is 8.20. The number of methoxy groups -OCH3 is 2. The first-order chi connectivity index (χ1) is 30.9. The van der Waals surface area contributed by atoms with Gasteiger partial charge < -0.3 is 44.8 Å². The molecule has 0 saturated carbocycles. The van der Waals surface area contributed by atoms with Gasteiger partial charge in [-0.05, 0) is 90.3 Å². The van der Waals surface area contributed by atoms with Crippen LogP contribution in [-0.4, -0.2) is 101 Å². The maximum atomic E-state index is 13.9. The number of aromatic nitrogens is 4. The third-order valence-corrected chi connectivity index (χ3v) is 11.6. The predicted octanol–water partition coefficient (Wildman–Crippen LogP) is 8.01. The molecule has 0 aliphatic carbocycles. The van der Waals surface area contributed by atoms with Gasteiger partial charge in [-0.25, -0.2) is 19.6 Å². The van der Waals surface area contributed by atoms with Crippen LogP contribution in [0.3, 0.4) is 0 Å². The molecular weight excluding hydrogens is 917 g/mol. The fraction of sp³-hybridized carbons (Fsp3) is 0.347. The van der Waals surface area contributed by atoms with Gasteiger partial charge in [0.1, 0.15) is 29.4 Å². The highest BCUT2D eigenvalue weighted by Gasteiger charge is 2.38. The third kappa shape index (κ3) is 12.4. The van der Waals surface area contributed by atoms with E-state index in [9.17, 15) is 19.2 Å². The highest BCUT2D eigenvalue weighted by atomic mass is 35.5. The number of halogens is 3. The number of likely N-dealkylation sites (tertiary alicyclic amines) is 2. The minimum atomic E-state index is -0.914. The van der Waals surface area contributed by atoms with Crippen LogP contribution in [0.5, 0.6) is 0 Å². The van der Waals surface area contributed by atoms with Gasteiger partial charge in [-0.2, -0.15) is 0 Å². The number of aromatic amines is 2. The summed E-state index contributed by atoms with van der Waals surface area (Å²) in [6.45, 7) is 4.86. The van der Waals surface area contributed by atoms with Crippen LogP contribution in [0.15, 0.2) is 85.2 Å². The van der Waals surface area contributed by atoms with Crippen LogP contribution in [0.1, 0.15) is 86.1 Å². The molecule has 4 amide bonds. The van der Waals surface area contributed by atoms with Crippen molar-refractivity contribution in [1.29, 1.82) is 0 Å². The lowest BCUT2D eigenvalue weighted by atomic mass is 9.96. The third-order valence-electron chi connectivity index (χ3n) is 11.6. The molecule has 4 atom stereocenters. The van der Waals surface area contributed by atoms with Crippen LogP contribution in [0.25, 0.3) is 22.4 Å². The minimum Gasteiger partial charge on any atom is -0.453 e. The van der Waals surface area contributed by atoms with Crippen LogP contribution in [0.4, 0.5) is 15.3 Å². The largest absolute Gasteiger partial charge is 0.453 e. The number of nitrogens with one attached hydrogen (secondary N) is 4. The number of hydrogen-bond donors (Lipinski definition) is 4. The summed E-state index contributed by atoms with van der Waals surface area (Å²) in [7, 11) is 6.54. The number of nitrogens with zero attached hydrogens (tertiary/aromatic N) is 5. The summed E-state index contributed by atoms with van der Waals surface area (Å²) in [4.78, 5) is 73.6. The van der Waals surface area contributed by atoms with E-state index in [4.69, 9.17) is 14.5 Å². The summed E-state index contributed by atoms with van der Waals surface area (Å²) in [5, 5.41) is 5.40. The molecule has 2 fully saturated rings. The van der Waals surface area contributed by atoms with Crippen molar-refractivity contribution in [2.24, 2.45) is 5.92 Å². The van der Waals surface area contributed by atoms with Crippen molar-refractivity contribution in [2.75, 3.05) is 46.3 Å². The molecule has 67 heavy (non-hydrogen) atoms. The molecule has 4 N–H and O–H groups in total. The Hall–Kier alpha value is -6.65. The molecule has 7 rings (SSSR count). The van der Waals surface area contributed by atoms with Gasteiger partial charge in [-0.15, -0.1) is 37.2 Å². The lowest BCUT2D eigenvalue weighted by Gasteiger charge is -2.30. The van der Waals surface area contributed by atoms with Gasteiger partial charge in [0.25, 0.3) is 5.91 Å². The number of imidazole rings is 2. The normalized spacial score (nSPS) is 15.7. The maximum Gasteiger partial charge on any atom is 0.407 e. The maximum absolute atomic E-state index is 13.9. The molecule has 4 heterocycles. The molecule has 0 spiro atoms. The van der Waals surface area contributed by atoms with Crippen molar-refractivity contribution in [3.63, 3.8) is 0 Å². The lowest BCUT2D eigenvalue weighted by molar-refractivity contribution is -0.135. The molecular formula is C49H56Cl3N9O6. The number of amides is 4. The minimum absolute atomic E-state index is 0. The molecule has 354 valence electrons. The molecule has 0 bridgehead atoms. The fourth-order valence-electron chi connectivity index (χ4n) is 8.20. The zero-order chi connectivity index (χ0) is 45.3. The van der Waals surface area contributed by atoms with E-state index in [0.717, 1.165) is 52.9 Å². The second-order valence-electron chi connectivity index (χ2n) is 16.3. The van der Waals surface area contributed by atoms with E-state index in [1.54, 1.807) is 34.3 Å². The molecule has 2 aliphatic heterocycles. The Bertz CT molecular complexity index is 2610. The molecule has 0 unspecified atom stereocenters. The highest BCUT2D eigenvalue weighted by Crippen LogP contribution is 2.36. The van der Waals surface area contributed by atoms with Gasteiger partial charge in [0.2, 0.25) is 5.91 Å². The molecule has 5 aromatic rings. The predicted molar refractivity (Wildman–Crippen MR) is 264 cm³/mol. The van der Waals surface area contributed by atoms with Gasteiger partial charge in [-0.1, -0.05) is 68.3 Å². The number of benzene rings is 3. The van der Waals surface area contributed by atoms with Crippen molar-refractivity contribution in [3.8, 4) is 46.1 Å². The number of anilines is 1. The van der Waals surface area contributed by atoms with E-state index in [1.165, 1.54) is 14.2 Å². The van der Waals surface area contributed by atoms with Gasteiger partial charge >= 0.3 is 12.2 Å². The first kappa shape index (κ1) is 53.0. The van der Waals surface area contributed by atoms with E-state index in [0.29, 0.717) is 42.4 Å². The summed E-state index contributed by atoms with van der Waals surface area (Å²) in [5.41, 5.74) is 6.62. The number of ether oxygens (including phenoxy) is 2. The molecule has 2 aliphatic rings. The average Bonchev–Trinajstić information content (AvgIpc) is 4.16. The summed E-state index contributed by atoms with van der Waals surface area (Å²) in [6, 6.07) is 21.1. The van der Waals surface area contributed by atoms with Crippen molar-refractivity contribution >= 4 is 66.9 Å². The van der Waals surface area contributed by atoms with E-state index in [2.05, 4.69) is 79.6 Å². The second-order valence-corrected chi connectivity index (χ2v) is 16.3. The van der Waals surface area contributed by atoms with E-state index < -0.39 is 24.3 Å². The average molecular weight is 973 g/mol. The summed E-state index contributed by atoms with van der Waals surface area (Å²) >= 11 is 0. The van der Waals surface area contributed by atoms with Gasteiger partial charge in [0.15, 0.2) is 0 Å². The Labute approximate surface area is 409 Å². The van der Waals surface area contributed by atoms with Crippen LogP contribution < -0.4 is 15.5 Å². The number of H-pyrrole nitrogens is 2. The van der Waals surface area contributed by atoms with Crippen molar-refractivity contribution in [1.82, 2.24) is 40.4 Å². The monoisotopic (exact) mass is 971 g/mol. The summed E-state index contributed by atoms with van der Waals surface area (Å²) < 4.78 is 9.61. The zero-order valence-electron chi connectivity index (χ0n) is 38.1. The quantitative estimate of drug-likeness (QED) is 0.0956. The first-order valence-electron chi connectivity index (χ1n) is 21.3. The van der Waals surface area contributed by atoms with Crippen molar-refractivity contribution < 1.29 is 28.7 Å². The second kappa shape index (κ2) is 24.2. The SMILES string of the molecule is COC(=O)N[C@H](C(=O)N1CCC[C@H]1c1ncc(-c2ccc(C#CC#Cc3cnc([C@@H]4CCCN4C(=O)[C@H](NC(=O)OC)c4ccccc4)[nH]3)c(-c3ccc(N(C)C)cc3)c2)[nH]1)C(C)C.Cl.Cl.Cl. The Morgan fingerprint density at radius 2 is 1.31 bits per heavy atom. The topological polar surface area (TPSA) is 178 Å². The zero-order valence-corrected chi connectivity index (χ0v) is 40.6. The summed E-state index contributed by atoms with van der Waals surface area (Å²) in [5.74, 6) is 13.1. The Morgan fingerprint density at radius 3 is 1.94 bits per heavy atom.